The van der Waals surface area contributed by atoms with Gasteiger partial charge in [0.1, 0.15) is 0 Å². The summed E-state index contributed by atoms with van der Waals surface area (Å²) in [6.45, 7) is 0.515. The van der Waals surface area contributed by atoms with Crippen LogP contribution < -0.4 is 5.32 Å². The normalized spacial score (nSPS) is 12.3. The van der Waals surface area contributed by atoms with Crippen LogP contribution in [0.2, 0.25) is 0 Å². The molecular weight excluding hydrogens is 322 g/mol. The molecule has 0 saturated carbocycles. The zero-order chi connectivity index (χ0) is 16.9. The molecule has 1 atom stereocenters. The zero-order valence-electron chi connectivity index (χ0n) is 13.6. The van der Waals surface area contributed by atoms with Crippen LogP contribution in [-0.4, -0.2) is 46.4 Å². The summed E-state index contributed by atoms with van der Waals surface area (Å²) in [5, 5.41) is 15.5. The predicted molar refractivity (Wildman–Crippen MR) is 94.4 cm³/mol. The highest BCUT2D eigenvalue weighted by Gasteiger charge is 2.17. The first kappa shape index (κ1) is 16.4. The number of amides is 1. The average Bonchev–Trinajstić information content (AvgIpc) is 3.27. The van der Waals surface area contributed by atoms with Crippen molar-refractivity contribution < 1.29 is 4.79 Å². The minimum absolute atomic E-state index is 0.129. The van der Waals surface area contributed by atoms with Gasteiger partial charge in [-0.2, -0.15) is 21.2 Å². The van der Waals surface area contributed by atoms with E-state index in [0.29, 0.717) is 12.2 Å². The third-order valence-electron chi connectivity index (χ3n) is 3.72. The van der Waals surface area contributed by atoms with Gasteiger partial charge < -0.3 is 10.2 Å². The maximum atomic E-state index is 12.3. The minimum Gasteiger partial charge on any atom is -0.349 e. The van der Waals surface area contributed by atoms with Crippen molar-refractivity contribution >= 4 is 17.2 Å². The second kappa shape index (κ2) is 7.37. The molecule has 7 heteroatoms. The molecule has 0 spiro atoms. The van der Waals surface area contributed by atoms with Crippen molar-refractivity contribution in [3.05, 3.63) is 64.6 Å². The van der Waals surface area contributed by atoms with E-state index in [9.17, 15) is 4.79 Å². The summed E-state index contributed by atoms with van der Waals surface area (Å²) >= 11 is 1.65. The Morgan fingerprint density at radius 2 is 2.08 bits per heavy atom. The fourth-order valence-corrected chi connectivity index (χ4v) is 3.10. The minimum atomic E-state index is -0.223. The molecule has 0 radical (unpaired) electrons. The Bertz CT molecular complexity index is 782. The van der Waals surface area contributed by atoms with E-state index in [0.717, 1.165) is 5.69 Å². The molecule has 1 unspecified atom stereocenters. The molecule has 0 bridgehead atoms. The van der Waals surface area contributed by atoms with Crippen LogP contribution in [0.4, 0.5) is 0 Å². The van der Waals surface area contributed by atoms with E-state index in [1.807, 2.05) is 49.8 Å². The van der Waals surface area contributed by atoms with Crippen molar-refractivity contribution in [2.45, 2.75) is 6.04 Å². The molecule has 3 aromatic rings. The van der Waals surface area contributed by atoms with Crippen LogP contribution in [0, 0.1) is 0 Å². The lowest BCUT2D eigenvalue weighted by molar-refractivity contribution is 0.0936. The number of carbonyl (C=O) groups excluding carboxylic acids is 1. The van der Waals surface area contributed by atoms with Crippen LogP contribution in [0.5, 0.6) is 0 Å². The van der Waals surface area contributed by atoms with Gasteiger partial charge in [0.25, 0.3) is 5.91 Å². The first-order valence-electron chi connectivity index (χ1n) is 7.59. The number of hydrogen-bond donors (Lipinski definition) is 1. The lowest BCUT2D eigenvalue weighted by Crippen LogP contribution is -2.34. The Kier molecular flexibility index (Phi) is 5.02. The van der Waals surface area contributed by atoms with Gasteiger partial charge in [-0.05, 0) is 48.6 Å². The van der Waals surface area contributed by atoms with E-state index in [-0.39, 0.29) is 11.9 Å². The largest absolute Gasteiger partial charge is 0.349 e. The van der Waals surface area contributed by atoms with Crippen LogP contribution in [-0.2, 0) is 0 Å². The highest BCUT2D eigenvalue weighted by molar-refractivity contribution is 7.07. The van der Waals surface area contributed by atoms with E-state index in [2.05, 4.69) is 31.9 Å². The van der Waals surface area contributed by atoms with Gasteiger partial charge in [-0.25, -0.2) is 0 Å². The summed E-state index contributed by atoms with van der Waals surface area (Å²) in [5.41, 5.74) is 2.32. The smallest absolute Gasteiger partial charge is 0.273 e. The van der Waals surface area contributed by atoms with Gasteiger partial charge in [0.15, 0.2) is 5.69 Å². The summed E-state index contributed by atoms with van der Waals surface area (Å²) in [5.74, 6) is -0.223. The molecule has 24 heavy (non-hydrogen) atoms. The highest BCUT2D eigenvalue weighted by atomic mass is 32.1. The standard InChI is InChI=1S/C17H19N5OS/c1-21(2)16(13-8-9-24-12-13)11-18-17(23)15-10-19-22(20-15)14-6-4-3-5-7-14/h3-10,12,16H,11H2,1-2H3,(H,18,23). The maximum absolute atomic E-state index is 12.3. The molecule has 0 aliphatic rings. The van der Waals surface area contributed by atoms with Crippen molar-refractivity contribution in [2.75, 3.05) is 20.6 Å². The monoisotopic (exact) mass is 341 g/mol. The number of rotatable bonds is 6. The molecule has 0 fully saturated rings. The van der Waals surface area contributed by atoms with E-state index >= 15 is 0 Å². The van der Waals surface area contributed by atoms with Gasteiger partial charge in [0.05, 0.1) is 17.9 Å². The summed E-state index contributed by atoms with van der Waals surface area (Å²) in [7, 11) is 4.00. The average molecular weight is 341 g/mol. The number of para-hydroxylation sites is 1. The van der Waals surface area contributed by atoms with Gasteiger partial charge >= 0.3 is 0 Å². The number of likely N-dealkylation sites (N-methyl/N-ethyl adjacent to an activating group) is 1. The molecule has 6 nitrogen and oxygen atoms in total. The first-order chi connectivity index (χ1) is 11.6. The predicted octanol–water partition coefficient (Wildman–Crippen LogP) is 2.36. The lowest BCUT2D eigenvalue weighted by atomic mass is 10.1. The lowest BCUT2D eigenvalue weighted by Gasteiger charge is -2.23. The second-order valence-electron chi connectivity index (χ2n) is 5.60. The van der Waals surface area contributed by atoms with Crippen LogP contribution in [0.15, 0.2) is 53.4 Å². The molecule has 124 valence electrons. The Morgan fingerprint density at radius 1 is 1.29 bits per heavy atom. The summed E-state index contributed by atoms with van der Waals surface area (Å²) < 4.78 is 0. The van der Waals surface area contributed by atoms with Gasteiger partial charge in [-0.15, -0.1) is 5.10 Å². The van der Waals surface area contributed by atoms with Gasteiger partial charge in [0, 0.05) is 6.54 Å². The Balaban J connectivity index is 1.66. The number of carbonyl (C=O) groups is 1. The zero-order valence-corrected chi connectivity index (χ0v) is 14.4. The number of aromatic nitrogens is 3. The number of thiophene rings is 1. The van der Waals surface area contributed by atoms with Gasteiger partial charge in [-0.1, -0.05) is 18.2 Å². The fourth-order valence-electron chi connectivity index (χ4n) is 2.40. The van der Waals surface area contributed by atoms with Crippen molar-refractivity contribution in [2.24, 2.45) is 0 Å². The maximum Gasteiger partial charge on any atom is 0.273 e. The molecule has 1 N–H and O–H groups in total. The second-order valence-corrected chi connectivity index (χ2v) is 6.38. The summed E-state index contributed by atoms with van der Waals surface area (Å²) in [6.07, 6.45) is 1.48. The van der Waals surface area contributed by atoms with Gasteiger partial charge in [0.2, 0.25) is 0 Å². The molecule has 0 aliphatic carbocycles. The third kappa shape index (κ3) is 3.69. The Labute approximate surface area is 144 Å². The van der Waals surface area contributed by atoms with E-state index in [4.69, 9.17) is 0 Å². The van der Waals surface area contributed by atoms with E-state index < -0.39 is 0 Å². The van der Waals surface area contributed by atoms with Crippen molar-refractivity contribution in [1.82, 2.24) is 25.2 Å². The molecule has 1 aromatic carbocycles. The van der Waals surface area contributed by atoms with Crippen molar-refractivity contribution in [3.8, 4) is 5.69 Å². The third-order valence-corrected chi connectivity index (χ3v) is 4.42. The Morgan fingerprint density at radius 3 is 2.75 bits per heavy atom. The molecular formula is C17H19N5OS. The van der Waals surface area contributed by atoms with Crippen LogP contribution >= 0.6 is 11.3 Å². The summed E-state index contributed by atoms with van der Waals surface area (Å²) in [4.78, 5) is 15.9. The van der Waals surface area contributed by atoms with Crippen molar-refractivity contribution in [1.29, 1.82) is 0 Å². The topological polar surface area (TPSA) is 63.1 Å². The highest BCUT2D eigenvalue weighted by Crippen LogP contribution is 2.20. The molecule has 2 heterocycles. The molecule has 0 aliphatic heterocycles. The van der Waals surface area contributed by atoms with E-state index in [1.165, 1.54) is 16.6 Å². The molecule has 0 saturated heterocycles. The quantitative estimate of drug-likeness (QED) is 0.748. The molecule has 1 amide bonds. The Hall–Kier alpha value is -2.51. The van der Waals surface area contributed by atoms with Crippen LogP contribution in [0.3, 0.4) is 0 Å². The summed E-state index contributed by atoms with van der Waals surface area (Å²) in [6, 6.07) is 11.7. The molecule has 2 aromatic heterocycles. The first-order valence-corrected chi connectivity index (χ1v) is 8.54. The fraction of sp³-hybridized carbons (Fsp3) is 0.235. The number of hydrogen-bond acceptors (Lipinski definition) is 5. The van der Waals surface area contributed by atoms with Crippen molar-refractivity contribution in [3.63, 3.8) is 0 Å². The number of nitrogens with zero attached hydrogens (tertiary/aromatic N) is 4. The van der Waals surface area contributed by atoms with Gasteiger partial charge in [-0.3, -0.25) is 4.79 Å². The SMILES string of the molecule is CN(C)C(CNC(=O)c1cnn(-c2ccccc2)n1)c1ccsc1. The molecule has 3 rings (SSSR count). The van der Waals surface area contributed by atoms with E-state index in [1.54, 1.807) is 11.3 Å². The number of benzene rings is 1. The van der Waals surface area contributed by atoms with Crippen LogP contribution in [0.25, 0.3) is 5.69 Å². The van der Waals surface area contributed by atoms with Crippen LogP contribution in [0.1, 0.15) is 22.1 Å². The number of nitrogens with one attached hydrogen (secondary N) is 1.